The molecule has 0 unspecified atom stereocenters. The summed E-state index contributed by atoms with van der Waals surface area (Å²) in [6.45, 7) is 4.36. The summed E-state index contributed by atoms with van der Waals surface area (Å²) in [5.74, 6) is 0.783. The highest BCUT2D eigenvalue weighted by Gasteiger charge is 2.27. The van der Waals surface area contributed by atoms with Crippen molar-refractivity contribution in [2.45, 2.75) is 51.6 Å². The molecule has 1 atom stereocenters. The maximum atomic E-state index is 8.97. The molecule has 7 heteroatoms. The van der Waals surface area contributed by atoms with Crippen LogP contribution in [0, 0.1) is 11.3 Å². The lowest BCUT2D eigenvalue weighted by molar-refractivity contribution is 0.247. The Morgan fingerprint density at radius 2 is 2.14 bits per heavy atom. The number of hydrogen-bond donors (Lipinski definition) is 1. The fourth-order valence-corrected chi connectivity index (χ4v) is 5.45. The highest BCUT2D eigenvalue weighted by Crippen LogP contribution is 2.34. The minimum Gasteiger partial charge on any atom is -0.316 e. The third-order valence-electron chi connectivity index (χ3n) is 5.18. The zero-order valence-corrected chi connectivity index (χ0v) is 18.2. The molecule has 4 heterocycles. The van der Waals surface area contributed by atoms with E-state index in [9.17, 15) is 0 Å². The van der Waals surface area contributed by atoms with E-state index in [4.69, 9.17) is 10.2 Å². The van der Waals surface area contributed by atoms with E-state index in [2.05, 4.69) is 46.4 Å². The molecule has 1 aliphatic rings. The molecule has 29 heavy (non-hydrogen) atoms. The summed E-state index contributed by atoms with van der Waals surface area (Å²) in [6, 6.07) is 13.2. The summed E-state index contributed by atoms with van der Waals surface area (Å²) in [7, 11) is 0. The number of likely N-dealkylation sites (tertiary alicyclic amines) is 1. The number of aryl methyl sites for hydroxylation is 1. The number of nitriles is 1. The molecule has 150 valence electrons. The average molecular weight is 424 g/mol. The van der Waals surface area contributed by atoms with Crippen LogP contribution in [0.15, 0.2) is 36.5 Å². The van der Waals surface area contributed by atoms with Crippen LogP contribution in [0.5, 0.6) is 0 Å². The minimum absolute atomic E-state index is 0.351. The minimum atomic E-state index is 0.351. The van der Waals surface area contributed by atoms with Gasteiger partial charge in [-0.05, 0) is 56.5 Å². The van der Waals surface area contributed by atoms with Gasteiger partial charge in [-0.25, -0.2) is 9.97 Å². The Morgan fingerprint density at radius 1 is 1.24 bits per heavy atom. The van der Waals surface area contributed by atoms with Crippen LogP contribution in [0.1, 0.15) is 59.0 Å². The van der Waals surface area contributed by atoms with E-state index in [-0.39, 0.29) is 0 Å². The molecule has 1 N–H and O–H groups in total. The van der Waals surface area contributed by atoms with Gasteiger partial charge in [0.05, 0.1) is 17.9 Å². The molecule has 0 bridgehead atoms. The molecule has 4 rings (SSSR count). The fourth-order valence-electron chi connectivity index (χ4n) is 3.74. The molecule has 0 saturated carbocycles. The van der Waals surface area contributed by atoms with Crippen molar-refractivity contribution < 1.29 is 0 Å². The number of rotatable bonds is 8. The van der Waals surface area contributed by atoms with Gasteiger partial charge in [-0.2, -0.15) is 5.26 Å². The van der Waals surface area contributed by atoms with Crippen LogP contribution in [0.2, 0.25) is 0 Å². The predicted molar refractivity (Wildman–Crippen MR) is 120 cm³/mol. The number of unbranched alkanes of at least 4 members (excludes halogenated alkanes) is 1. The zero-order valence-electron chi connectivity index (χ0n) is 16.6. The van der Waals surface area contributed by atoms with Crippen LogP contribution in [-0.4, -0.2) is 21.4 Å². The number of thiophene rings is 1. The summed E-state index contributed by atoms with van der Waals surface area (Å²) >= 11 is 3.30. The third-order valence-corrected chi connectivity index (χ3v) is 7.13. The second kappa shape index (κ2) is 9.49. The first-order valence-corrected chi connectivity index (χ1v) is 11.8. The van der Waals surface area contributed by atoms with Gasteiger partial charge < -0.3 is 5.32 Å². The lowest BCUT2D eigenvalue weighted by Gasteiger charge is -2.23. The van der Waals surface area contributed by atoms with Crippen LogP contribution in [-0.2, 0) is 13.0 Å². The van der Waals surface area contributed by atoms with Gasteiger partial charge in [0.25, 0.3) is 0 Å². The third kappa shape index (κ3) is 5.02. The molecule has 0 spiro atoms. The Labute approximate surface area is 180 Å². The molecule has 1 fully saturated rings. The van der Waals surface area contributed by atoms with E-state index in [0.717, 1.165) is 31.0 Å². The van der Waals surface area contributed by atoms with Crippen molar-refractivity contribution in [3.8, 4) is 6.07 Å². The predicted octanol–water partition coefficient (Wildman–Crippen LogP) is 5.89. The van der Waals surface area contributed by atoms with E-state index in [1.165, 1.54) is 46.8 Å². The van der Waals surface area contributed by atoms with Gasteiger partial charge in [0.2, 0.25) is 0 Å². The smallest absolute Gasteiger partial charge is 0.189 e. The summed E-state index contributed by atoms with van der Waals surface area (Å²) in [6.07, 6.45) is 7.65. The monoisotopic (exact) mass is 423 g/mol. The number of aromatic nitrogens is 2. The van der Waals surface area contributed by atoms with Crippen molar-refractivity contribution in [3.63, 3.8) is 0 Å². The highest BCUT2D eigenvalue weighted by molar-refractivity contribution is 7.16. The number of hydrogen-bond acceptors (Lipinski definition) is 7. The van der Waals surface area contributed by atoms with E-state index >= 15 is 0 Å². The molecular weight excluding hydrogens is 398 g/mol. The average Bonchev–Trinajstić information content (AvgIpc) is 3.48. The molecule has 5 nitrogen and oxygen atoms in total. The van der Waals surface area contributed by atoms with Gasteiger partial charge in [0.1, 0.15) is 16.8 Å². The van der Waals surface area contributed by atoms with Crippen LogP contribution in [0.4, 0.5) is 10.9 Å². The van der Waals surface area contributed by atoms with Gasteiger partial charge >= 0.3 is 0 Å². The lowest BCUT2D eigenvalue weighted by atomic mass is 10.1. The van der Waals surface area contributed by atoms with Crippen LogP contribution in [0.25, 0.3) is 0 Å². The molecule has 0 aromatic carbocycles. The normalized spacial score (nSPS) is 16.8. The van der Waals surface area contributed by atoms with E-state index < -0.39 is 0 Å². The van der Waals surface area contributed by atoms with Gasteiger partial charge in [0.15, 0.2) is 5.13 Å². The van der Waals surface area contributed by atoms with Crippen molar-refractivity contribution >= 4 is 33.6 Å². The Balaban J connectivity index is 1.44. The van der Waals surface area contributed by atoms with Gasteiger partial charge in [-0.1, -0.05) is 30.7 Å². The molecule has 1 saturated heterocycles. The summed E-state index contributed by atoms with van der Waals surface area (Å²) in [5.41, 5.74) is 1.10. The standard InChI is InChI=1S/C22H25N5S2/c1-2-3-6-16-10-11-17(28-16)15-27-12-5-8-20(27)19-7-4-9-21(25-19)26-22-24-14-18(13-23)29-22/h4,7,9-11,14,20H,2-3,5-6,8,12,15H2,1H3,(H,24,25,26)/t20-/m1/s1. The number of anilines is 2. The Morgan fingerprint density at radius 3 is 2.97 bits per heavy atom. The van der Waals surface area contributed by atoms with Crippen LogP contribution >= 0.6 is 22.7 Å². The molecule has 3 aromatic rings. The molecule has 3 aromatic heterocycles. The summed E-state index contributed by atoms with van der Waals surface area (Å²) < 4.78 is 0. The number of nitrogens with zero attached hydrogens (tertiary/aromatic N) is 4. The van der Waals surface area contributed by atoms with E-state index in [0.29, 0.717) is 16.1 Å². The Hall–Kier alpha value is -2.27. The Bertz CT molecular complexity index is 987. The molecule has 1 aliphatic heterocycles. The van der Waals surface area contributed by atoms with Crippen LogP contribution in [0.3, 0.4) is 0 Å². The quantitative estimate of drug-likeness (QED) is 0.489. The first kappa shape index (κ1) is 20.0. The molecule has 0 aliphatic carbocycles. The molecule has 0 amide bonds. The van der Waals surface area contributed by atoms with Crippen molar-refractivity contribution in [1.29, 1.82) is 5.26 Å². The Kier molecular flexibility index (Phi) is 6.55. The van der Waals surface area contributed by atoms with E-state index in [1.54, 1.807) is 6.20 Å². The van der Waals surface area contributed by atoms with Crippen molar-refractivity contribution in [3.05, 3.63) is 56.9 Å². The number of pyridine rings is 1. The fraction of sp³-hybridized carbons (Fsp3) is 0.409. The van der Waals surface area contributed by atoms with Gasteiger partial charge in [-0.15, -0.1) is 11.3 Å². The van der Waals surface area contributed by atoms with Crippen molar-refractivity contribution in [2.75, 3.05) is 11.9 Å². The number of nitrogens with one attached hydrogen (secondary N) is 1. The lowest BCUT2D eigenvalue weighted by Crippen LogP contribution is -2.23. The molecular formula is C22H25N5S2. The zero-order chi connectivity index (χ0) is 20.1. The summed E-state index contributed by atoms with van der Waals surface area (Å²) in [5, 5.41) is 12.9. The first-order valence-electron chi connectivity index (χ1n) is 10.2. The van der Waals surface area contributed by atoms with Crippen molar-refractivity contribution in [2.24, 2.45) is 0 Å². The maximum absolute atomic E-state index is 8.97. The highest BCUT2D eigenvalue weighted by atomic mass is 32.1. The summed E-state index contributed by atoms with van der Waals surface area (Å²) in [4.78, 5) is 15.2. The van der Waals surface area contributed by atoms with Crippen LogP contribution < -0.4 is 5.32 Å². The topological polar surface area (TPSA) is 64.8 Å². The molecule has 0 radical (unpaired) electrons. The largest absolute Gasteiger partial charge is 0.316 e. The SMILES string of the molecule is CCCCc1ccc(CN2CCC[C@@H]2c2cccc(Nc3ncc(C#N)s3)n2)s1. The second-order valence-corrected chi connectivity index (χ2v) is 9.60. The van der Waals surface area contributed by atoms with Crippen molar-refractivity contribution in [1.82, 2.24) is 14.9 Å². The van der Waals surface area contributed by atoms with E-state index in [1.807, 2.05) is 23.5 Å². The first-order chi connectivity index (χ1) is 14.2. The second-order valence-electron chi connectivity index (χ2n) is 7.31. The van der Waals surface area contributed by atoms with Gasteiger partial charge in [0, 0.05) is 16.3 Å². The van der Waals surface area contributed by atoms with Gasteiger partial charge in [-0.3, -0.25) is 4.90 Å². The number of thiazole rings is 1. The maximum Gasteiger partial charge on any atom is 0.189 e.